The summed E-state index contributed by atoms with van der Waals surface area (Å²) in [5.41, 5.74) is 6.81. The molecule has 0 bridgehead atoms. The Morgan fingerprint density at radius 2 is 1.91 bits per heavy atom. The van der Waals surface area contributed by atoms with Crippen molar-refractivity contribution >= 4 is 52.2 Å². The first-order valence-corrected chi connectivity index (χ1v) is 10.3. The Labute approximate surface area is 192 Å². The van der Waals surface area contributed by atoms with Gasteiger partial charge in [-0.25, -0.2) is 9.07 Å². The molecule has 0 aliphatic carbocycles. The highest BCUT2D eigenvalue weighted by molar-refractivity contribution is 6.44. The molecule has 0 radical (unpaired) electrons. The van der Waals surface area contributed by atoms with Crippen LogP contribution >= 0.6 is 23.2 Å². The topological polar surface area (TPSA) is 106 Å². The van der Waals surface area contributed by atoms with E-state index < -0.39 is 23.7 Å². The number of amides is 2. The zero-order valence-corrected chi connectivity index (χ0v) is 18.0. The van der Waals surface area contributed by atoms with Crippen LogP contribution in [0.1, 0.15) is 12.0 Å². The Bertz CT molecular complexity index is 1210. The molecule has 0 spiro atoms. The quantitative estimate of drug-likeness (QED) is 0.570. The van der Waals surface area contributed by atoms with Crippen molar-refractivity contribution in [3.05, 3.63) is 76.2 Å². The molecule has 4 rings (SSSR count). The number of anilines is 2. The second kappa shape index (κ2) is 8.97. The van der Waals surface area contributed by atoms with E-state index in [4.69, 9.17) is 28.9 Å². The van der Waals surface area contributed by atoms with Crippen LogP contribution < -0.4 is 16.1 Å². The number of halogens is 3. The van der Waals surface area contributed by atoms with Crippen LogP contribution in [0.25, 0.3) is 0 Å². The van der Waals surface area contributed by atoms with Gasteiger partial charge in [-0.05, 0) is 42.0 Å². The summed E-state index contributed by atoms with van der Waals surface area (Å²) in [4.78, 5) is 24.8. The lowest BCUT2D eigenvalue weighted by atomic mass is 10.1. The molecule has 2 heterocycles. The van der Waals surface area contributed by atoms with Gasteiger partial charge in [0.15, 0.2) is 0 Å². The van der Waals surface area contributed by atoms with Gasteiger partial charge in [-0.2, -0.15) is 10.2 Å². The summed E-state index contributed by atoms with van der Waals surface area (Å²) < 4.78 is 14.8. The van der Waals surface area contributed by atoms with Gasteiger partial charge in [0.25, 0.3) is 5.91 Å². The summed E-state index contributed by atoms with van der Waals surface area (Å²) in [5, 5.41) is 13.5. The summed E-state index contributed by atoms with van der Waals surface area (Å²) in [5.74, 6) is -1.17. The predicted octanol–water partition coefficient (Wildman–Crippen LogP) is 3.44. The Hall–Kier alpha value is -3.43. The average Bonchev–Trinajstić information content (AvgIpc) is 3.38. The second-order valence-corrected chi connectivity index (χ2v) is 7.90. The molecule has 11 heteroatoms. The zero-order valence-electron chi connectivity index (χ0n) is 16.5. The number of aromatic nitrogens is 2. The summed E-state index contributed by atoms with van der Waals surface area (Å²) >= 11 is 12.2. The van der Waals surface area contributed by atoms with Crippen molar-refractivity contribution in [2.75, 3.05) is 10.3 Å². The fraction of sp³-hybridized carbons (Fsp3) is 0.143. The SMILES string of the molecule is NC(=O)C1CC(C(=O)Nc2ccnn2Cc2ccc(Cl)cc2Cl)=NN1c1ccc(F)cc1. The zero-order chi connectivity index (χ0) is 22.8. The average molecular weight is 475 g/mol. The first-order chi connectivity index (χ1) is 15.3. The van der Waals surface area contributed by atoms with Gasteiger partial charge in [0.05, 0.1) is 18.4 Å². The molecule has 164 valence electrons. The fourth-order valence-corrected chi connectivity index (χ4v) is 3.73. The monoisotopic (exact) mass is 474 g/mol. The molecule has 2 aromatic carbocycles. The second-order valence-electron chi connectivity index (χ2n) is 7.05. The minimum atomic E-state index is -0.862. The van der Waals surface area contributed by atoms with Crippen LogP contribution in [0.15, 0.2) is 59.8 Å². The molecule has 3 N–H and O–H groups in total. The van der Waals surface area contributed by atoms with Crippen molar-refractivity contribution < 1.29 is 14.0 Å². The summed E-state index contributed by atoms with van der Waals surface area (Å²) in [6.45, 7) is 0.302. The minimum absolute atomic E-state index is 0.00962. The molecule has 2 amide bonds. The molecule has 1 atom stereocenters. The maximum atomic E-state index is 13.3. The van der Waals surface area contributed by atoms with Crippen molar-refractivity contribution in [3.63, 3.8) is 0 Å². The van der Waals surface area contributed by atoms with Gasteiger partial charge in [0.1, 0.15) is 23.4 Å². The maximum Gasteiger partial charge on any atom is 0.273 e. The van der Waals surface area contributed by atoms with Gasteiger partial charge in [-0.15, -0.1) is 0 Å². The number of nitrogens with two attached hydrogens (primary N) is 1. The Morgan fingerprint density at radius 3 is 2.59 bits per heavy atom. The number of benzene rings is 2. The molecule has 8 nitrogen and oxygen atoms in total. The lowest BCUT2D eigenvalue weighted by molar-refractivity contribution is -0.119. The number of carbonyl (C=O) groups is 2. The van der Waals surface area contributed by atoms with Crippen LogP contribution in [0, 0.1) is 5.82 Å². The lowest BCUT2D eigenvalue weighted by Crippen LogP contribution is -2.39. The molecule has 1 aliphatic heterocycles. The number of carbonyl (C=O) groups excluding carboxylic acids is 2. The van der Waals surface area contributed by atoms with Gasteiger partial charge in [0.2, 0.25) is 5.91 Å². The maximum absolute atomic E-state index is 13.3. The first kappa shape index (κ1) is 21.8. The van der Waals surface area contributed by atoms with E-state index in [9.17, 15) is 14.0 Å². The Balaban J connectivity index is 1.53. The first-order valence-electron chi connectivity index (χ1n) is 9.50. The van der Waals surface area contributed by atoms with Gasteiger partial charge < -0.3 is 11.1 Å². The standard InChI is InChI=1S/C21H17Cl2FN6O2/c22-13-2-1-12(16(23)9-13)11-29-19(7-8-26-29)27-21(32)17-10-18(20(25)31)30(28-17)15-5-3-14(24)4-6-15/h1-9,18H,10-11H2,(H2,25,31)(H,27,32). The van der Waals surface area contributed by atoms with Gasteiger partial charge in [-0.1, -0.05) is 29.3 Å². The van der Waals surface area contributed by atoms with E-state index in [1.165, 1.54) is 35.5 Å². The predicted molar refractivity (Wildman–Crippen MR) is 120 cm³/mol. The van der Waals surface area contributed by atoms with Gasteiger partial charge in [0, 0.05) is 22.5 Å². The van der Waals surface area contributed by atoms with E-state index in [0.717, 1.165) is 5.56 Å². The number of nitrogens with one attached hydrogen (secondary N) is 1. The fourth-order valence-electron chi connectivity index (χ4n) is 3.27. The van der Waals surface area contributed by atoms with E-state index in [-0.39, 0.29) is 12.1 Å². The molecule has 3 aromatic rings. The molecule has 32 heavy (non-hydrogen) atoms. The lowest BCUT2D eigenvalue weighted by Gasteiger charge is -2.20. The van der Waals surface area contributed by atoms with Crippen molar-refractivity contribution in [2.45, 2.75) is 19.0 Å². The molecule has 0 fully saturated rings. The van der Waals surface area contributed by atoms with Crippen LogP contribution in [-0.4, -0.2) is 33.3 Å². The third-order valence-electron chi connectivity index (χ3n) is 4.89. The Morgan fingerprint density at radius 1 is 1.16 bits per heavy atom. The number of hydrogen-bond donors (Lipinski definition) is 2. The highest BCUT2D eigenvalue weighted by Crippen LogP contribution is 2.26. The van der Waals surface area contributed by atoms with E-state index in [1.54, 1.807) is 28.9 Å². The van der Waals surface area contributed by atoms with Crippen LogP contribution in [0.2, 0.25) is 10.0 Å². The van der Waals surface area contributed by atoms with Crippen molar-refractivity contribution in [3.8, 4) is 0 Å². The third kappa shape index (κ3) is 4.58. The van der Waals surface area contributed by atoms with E-state index in [0.29, 0.717) is 28.1 Å². The molecular weight excluding hydrogens is 458 g/mol. The highest BCUT2D eigenvalue weighted by Gasteiger charge is 2.35. The summed E-state index contributed by atoms with van der Waals surface area (Å²) in [7, 11) is 0. The van der Waals surface area contributed by atoms with Crippen molar-refractivity contribution in [1.82, 2.24) is 9.78 Å². The van der Waals surface area contributed by atoms with Crippen LogP contribution in [-0.2, 0) is 16.1 Å². The molecule has 1 unspecified atom stereocenters. The van der Waals surface area contributed by atoms with Crippen LogP contribution in [0.4, 0.5) is 15.9 Å². The van der Waals surface area contributed by atoms with Gasteiger partial charge >= 0.3 is 0 Å². The molecule has 1 aliphatic rings. The highest BCUT2D eigenvalue weighted by atomic mass is 35.5. The third-order valence-corrected chi connectivity index (χ3v) is 5.47. The number of hydrogen-bond acceptors (Lipinski definition) is 5. The Kier molecular flexibility index (Phi) is 6.11. The smallest absolute Gasteiger partial charge is 0.273 e. The van der Waals surface area contributed by atoms with Crippen LogP contribution in [0.3, 0.4) is 0 Å². The number of rotatable bonds is 6. The number of nitrogens with zero attached hydrogens (tertiary/aromatic N) is 4. The minimum Gasteiger partial charge on any atom is -0.368 e. The van der Waals surface area contributed by atoms with E-state index in [2.05, 4.69) is 15.5 Å². The number of primary amides is 1. The largest absolute Gasteiger partial charge is 0.368 e. The molecule has 1 aromatic heterocycles. The molecule has 0 saturated carbocycles. The normalized spacial score (nSPS) is 15.5. The number of hydrazone groups is 1. The summed E-state index contributed by atoms with van der Waals surface area (Å²) in [6, 6.07) is 11.3. The van der Waals surface area contributed by atoms with Crippen molar-refractivity contribution in [1.29, 1.82) is 0 Å². The van der Waals surface area contributed by atoms with Gasteiger partial charge in [-0.3, -0.25) is 14.6 Å². The molecule has 0 saturated heterocycles. The molecular formula is C21H17Cl2FN6O2. The van der Waals surface area contributed by atoms with E-state index in [1.807, 2.05) is 0 Å². The van der Waals surface area contributed by atoms with E-state index >= 15 is 0 Å². The summed E-state index contributed by atoms with van der Waals surface area (Å²) in [6.07, 6.45) is 1.54. The van der Waals surface area contributed by atoms with Crippen molar-refractivity contribution in [2.24, 2.45) is 10.8 Å². The van der Waals surface area contributed by atoms with Crippen LogP contribution in [0.5, 0.6) is 0 Å².